The number of hydrogen-bond acceptors (Lipinski definition) is 3. The fraction of sp³-hybridized carbons (Fsp3) is 0.529. The van der Waals surface area contributed by atoms with Crippen molar-refractivity contribution in [1.29, 1.82) is 0 Å². The van der Waals surface area contributed by atoms with E-state index in [1.54, 1.807) is 0 Å². The molecular formula is C17H27NO2. The highest BCUT2D eigenvalue weighted by Gasteiger charge is 2.08. The lowest BCUT2D eigenvalue weighted by Gasteiger charge is -2.15. The van der Waals surface area contributed by atoms with Gasteiger partial charge in [0.15, 0.2) is 0 Å². The van der Waals surface area contributed by atoms with E-state index in [0.29, 0.717) is 13.2 Å². The SMILES string of the molecule is C=CCc1cc(C(N)CC)ccc1OCCOCCC. The van der Waals surface area contributed by atoms with Gasteiger partial charge in [-0.3, -0.25) is 0 Å². The van der Waals surface area contributed by atoms with Gasteiger partial charge in [0, 0.05) is 12.6 Å². The summed E-state index contributed by atoms with van der Waals surface area (Å²) in [6.45, 7) is 9.97. The van der Waals surface area contributed by atoms with Crippen molar-refractivity contribution in [1.82, 2.24) is 0 Å². The molecule has 0 aliphatic rings. The maximum atomic E-state index is 6.08. The van der Waals surface area contributed by atoms with Gasteiger partial charge in [0.25, 0.3) is 0 Å². The van der Waals surface area contributed by atoms with E-state index in [0.717, 1.165) is 42.7 Å². The largest absolute Gasteiger partial charge is 0.491 e. The summed E-state index contributed by atoms with van der Waals surface area (Å²) in [6.07, 6.45) is 4.64. The van der Waals surface area contributed by atoms with Crippen LogP contribution in [0.25, 0.3) is 0 Å². The summed E-state index contributed by atoms with van der Waals surface area (Å²) in [4.78, 5) is 0. The smallest absolute Gasteiger partial charge is 0.122 e. The van der Waals surface area contributed by atoms with Gasteiger partial charge in [-0.15, -0.1) is 6.58 Å². The molecule has 0 heterocycles. The molecule has 0 radical (unpaired) electrons. The summed E-state index contributed by atoms with van der Waals surface area (Å²) >= 11 is 0. The van der Waals surface area contributed by atoms with Gasteiger partial charge in [0.1, 0.15) is 12.4 Å². The van der Waals surface area contributed by atoms with Crippen molar-refractivity contribution in [3.05, 3.63) is 42.0 Å². The summed E-state index contributed by atoms with van der Waals surface area (Å²) < 4.78 is 11.2. The molecule has 1 aromatic rings. The van der Waals surface area contributed by atoms with Gasteiger partial charge in [-0.25, -0.2) is 0 Å². The van der Waals surface area contributed by atoms with Crippen LogP contribution in [0.15, 0.2) is 30.9 Å². The summed E-state index contributed by atoms with van der Waals surface area (Å²) in [5.74, 6) is 0.900. The molecule has 1 aromatic carbocycles. The molecule has 0 aliphatic carbocycles. The van der Waals surface area contributed by atoms with Crippen molar-refractivity contribution < 1.29 is 9.47 Å². The van der Waals surface area contributed by atoms with Gasteiger partial charge in [-0.05, 0) is 36.5 Å². The number of hydrogen-bond donors (Lipinski definition) is 1. The number of allylic oxidation sites excluding steroid dienone is 1. The molecule has 1 atom stereocenters. The van der Waals surface area contributed by atoms with E-state index < -0.39 is 0 Å². The van der Waals surface area contributed by atoms with Crippen molar-refractivity contribution >= 4 is 0 Å². The standard InChI is InChI=1S/C17H27NO2/c1-4-7-15-13-14(16(18)6-3)8-9-17(15)20-12-11-19-10-5-2/h4,8-9,13,16H,1,5-7,10-12,18H2,2-3H3. The zero-order chi connectivity index (χ0) is 14.8. The van der Waals surface area contributed by atoms with Crippen LogP contribution < -0.4 is 10.5 Å². The van der Waals surface area contributed by atoms with Crippen molar-refractivity contribution in [3.8, 4) is 5.75 Å². The second-order valence-electron chi connectivity index (χ2n) is 4.84. The van der Waals surface area contributed by atoms with Gasteiger partial charge >= 0.3 is 0 Å². The Morgan fingerprint density at radius 3 is 2.70 bits per heavy atom. The third-order valence-electron chi connectivity index (χ3n) is 3.15. The molecule has 0 aliphatic heterocycles. The first-order valence-corrected chi connectivity index (χ1v) is 7.42. The first-order valence-electron chi connectivity index (χ1n) is 7.42. The zero-order valence-electron chi connectivity index (χ0n) is 12.7. The highest BCUT2D eigenvalue weighted by molar-refractivity contribution is 5.39. The Morgan fingerprint density at radius 2 is 2.05 bits per heavy atom. The molecule has 0 fully saturated rings. The molecule has 0 spiro atoms. The highest BCUT2D eigenvalue weighted by Crippen LogP contribution is 2.24. The van der Waals surface area contributed by atoms with Gasteiger partial charge in [-0.2, -0.15) is 0 Å². The first-order chi connectivity index (χ1) is 9.72. The molecule has 3 heteroatoms. The molecule has 2 N–H and O–H groups in total. The van der Waals surface area contributed by atoms with Crippen LogP contribution in [-0.2, 0) is 11.2 Å². The lowest BCUT2D eigenvalue weighted by molar-refractivity contribution is 0.100. The monoisotopic (exact) mass is 277 g/mol. The Balaban J connectivity index is 2.66. The Morgan fingerprint density at radius 1 is 1.25 bits per heavy atom. The van der Waals surface area contributed by atoms with E-state index in [4.69, 9.17) is 15.2 Å². The predicted molar refractivity (Wildman–Crippen MR) is 84.2 cm³/mol. The minimum absolute atomic E-state index is 0.0838. The maximum absolute atomic E-state index is 6.08. The predicted octanol–water partition coefficient (Wildman–Crippen LogP) is 3.63. The lowest BCUT2D eigenvalue weighted by atomic mass is 10.0. The molecule has 0 saturated heterocycles. The molecule has 3 nitrogen and oxygen atoms in total. The van der Waals surface area contributed by atoms with Gasteiger partial charge in [0.05, 0.1) is 6.61 Å². The Bertz CT molecular complexity index is 404. The zero-order valence-corrected chi connectivity index (χ0v) is 12.7. The average molecular weight is 277 g/mol. The highest BCUT2D eigenvalue weighted by atomic mass is 16.5. The maximum Gasteiger partial charge on any atom is 0.122 e. The van der Waals surface area contributed by atoms with Crippen LogP contribution in [0, 0.1) is 0 Å². The summed E-state index contributed by atoms with van der Waals surface area (Å²) in [5, 5.41) is 0. The minimum atomic E-state index is 0.0838. The number of ether oxygens (including phenoxy) is 2. The Labute approximate surface area is 122 Å². The van der Waals surface area contributed by atoms with Crippen LogP contribution in [0.3, 0.4) is 0 Å². The van der Waals surface area contributed by atoms with Crippen LogP contribution in [0.1, 0.15) is 43.9 Å². The average Bonchev–Trinajstić information content (AvgIpc) is 2.47. The summed E-state index contributed by atoms with van der Waals surface area (Å²) in [6, 6.07) is 6.26. The van der Waals surface area contributed by atoms with E-state index in [9.17, 15) is 0 Å². The summed E-state index contributed by atoms with van der Waals surface area (Å²) in [5.41, 5.74) is 8.37. The molecule has 0 aromatic heterocycles. The van der Waals surface area contributed by atoms with Crippen LogP contribution in [0.4, 0.5) is 0 Å². The molecular weight excluding hydrogens is 250 g/mol. The topological polar surface area (TPSA) is 44.5 Å². The molecule has 112 valence electrons. The third kappa shape index (κ3) is 5.35. The van der Waals surface area contributed by atoms with Crippen LogP contribution in [0.2, 0.25) is 0 Å². The van der Waals surface area contributed by atoms with Gasteiger partial charge in [-0.1, -0.05) is 32.1 Å². The molecule has 0 bridgehead atoms. The van der Waals surface area contributed by atoms with E-state index in [2.05, 4.69) is 26.5 Å². The van der Waals surface area contributed by atoms with Crippen LogP contribution >= 0.6 is 0 Å². The quantitative estimate of drug-likeness (QED) is 0.524. The Kier molecular flexibility index (Phi) is 8.00. The normalized spacial score (nSPS) is 12.2. The van der Waals surface area contributed by atoms with Crippen molar-refractivity contribution in [2.24, 2.45) is 5.73 Å². The van der Waals surface area contributed by atoms with E-state index in [1.165, 1.54) is 0 Å². The Hall–Kier alpha value is -1.32. The number of benzene rings is 1. The number of rotatable bonds is 10. The molecule has 1 rings (SSSR count). The van der Waals surface area contributed by atoms with Crippen LogP contribution in [0.5, 0.6) is 5.75 Å². The second-order valence-corrected chi connectivity index (χ2v) is 4.84. The van der Waals surface area contributed by atoms with Crippen molar-refractivity contribution in [2.75, 3.05) is 19.8 Å². The van der Waals surface area contributed by atoms with E-state index >= 15 is 0 Å². The van der Waals surface area contributed by atoms with Gasteiger partial charge < -0.3 is 15.2 Å². The molecule has 0 saturated carbocycles. The fourth-order valence-corrected chi connectivity index (χ4v) is 1.98. The lowest BCUT2D eigenvalue weighted by Crippen LogP contribution is -2.11. The van der Waals surface area contributed by atoms with Gasteiger partial charge in [0.2, 0.25) is 0 Å². The third-order valence-corrected chi connectivity index (χ3v) is 3.15. The molecule has 0 amide bonds. The minimum Gasteiger partial charge on any atom is -0.491 e. The van der Waals surface area contributed by atoms with Crippen molar-refractivity contribution in [3.63, 3.8) is 0 Å². The van der Waals surface area contributed by atoms with Crippen molar-refractivity contribution in [2.45, 2.75) is 39.2 Å². The first kappa shape index (κ1) is 16.7. The fourth-order valence-electron chi connectivity index (χ4n) is 1.98. The molecule has 1 unspecified atom stereocenters. The molecule has 20 heavy (non-hydrogen) atoms. The van der Waals surface area contributed by atoms with Crippen LogP contribution in [-0.4, -0.2) is 19.8 Å². The van der Waals surface area contributed by atoms with E-state index in [-0.39, 0.29) is 6.04 Å². The number of nitrogens with two attached hydrogens (primary N) is 1. The van der Waals surface area contributed by atoms with E-state index in [1.807, 2.05) is 18.2 Å². The summed E-state index contributed by atoms with van der Waals surface area (Å²) in [7, 11) is 0. The second kappa shape index (κ2) is 9.56.